The van der Waals surface area contributed by atoms with E-state index < -0.39 is 0 Å². The number of carbonyl (C=O) groups excluding carboxylic acids is 1. The summed E-state index contributed by atoms with van der Waals surface area (Å²) in [6.07, 6.45) is 1.89. The van der Waals surface area contributed by atoms with Crippen LogP contribution in [0.2, 0.25) is 0 Å². The quantitative estimate of drug-likeness (QED) is 0.713. The summed E-state index contributed by atoms with van der Waals surface area (Å²) in [6, 6.07) is 3.51. The summed E-state index contributed by atoms with van der Waals surface area (Å²) in [6.45, 7) is 3.85. The van der Waals surface area contributed by atoms with E-state index in [4.69, 9.17) is 8.83 Å². The minimum Gasteiger partial charge on any atom is -0.469 e. The van der Waals surface area contributed by atoms with E-state index in [0.717, 1.165) is 6.54 Å². The number of hydrogen-bond acceptors (Lipinski definition) is 7. The van der Waals surface area contributed by atoms with E-state index >= 15 is 0 Å². The molecular weight excluding hydrogens is 262 g/mol. The van der Waals surface area contributed by atoms with E-state index in [2.05, 4.69) is 14.9 Å². The molecular formula is C13H17N3O4. The highest BCUT2D eigenvalue weighted by molar-refractivity contribution is 5.69. The highest BCUT2D eigenvalue weighted by Gasteiger charge is 2.14. The van der Waals surface area contributed by atoms with Gasteiger partial charge in [-0.1, -0.05) is 6.92 Å². The van der Waals surface area contributed by atoms with Crippen molar-refractivity contribution >= 4 is 5.97 Å². The van der Waals surface area contributed by atoms with Gasteiger partial charge >= 0.3 is 5.97 Å². The number of nitrogens with zero attached hydrogens (tertiary/aromatic N) is 3. The summed E-state index contributed by atoms with van der Waals surface area (Å²) in [4.78, 5) is 13.2. The highest BCUT2D eigenvalue weighted by Crippen LogP contribution is 2.18. The Hall–Kier alpha value is -2.15. The minimum atomic E-state index is -0.231. The Morgan fingerprint density at radius 1 is 1.45 bits per heavy atom. The van der Waals surface area contributed by atoms with Crippen LogP contribution in [0.25, 0.3) is 11.7 Å². The van der Waals surface area contributed by atoms with Crippen LogP contribution in [0.4, 0.5) is 0 Å². The summed E-state index contributed by atoms with van der Waals surface area (Å²) in [7, 11) is 1.38. The van der Waals surface area contributed by atoms with Gasteiger partial charge in [-0.05, 0) is 18.7 Å². The molecule has 20 heavy (non-hydrogen) atoms. The van der Waals surface area contributed by atoms with E-state index in [1.807, 2.05) is 11.8 Å². The van der Waals surface area contributed by atoms with Gasteiger partial charge in [0.2, 0.25) is 5.89 Å². The predicted molar refractivity (Wildman–Crippen MR) is 69.6 cm³/mol. The van der Waals surface area contributed by atoms with Crippen LogP contribution in [0.1, 0.15) is 19.2 Å². The number of ether oxygens (including phenoxy) is 1. The molecule has 7 heteroatoms. The number of esters is 1. The Kier molecular flexibility index (Phi) is 4.89. The molecule has 0 aliphatic rings. The van der Waals surface area contributed by atoms with Gasteiger partial charge in [-0.15, -0.1) is 10.2 Å². The smallest absolute Gasteiger partial charge is 0.306 e. The molecule has 2 aromatic heterocycles. The lowest BCUT2D eigenvalue weighted by atomic mass is 10.3. The van der Waals surface area contributed by atoms with Crippen molar-refractivity contribution in [2.75, 3.05) is 20.2 Å². The Morgan fingerprint density at radius 3 is 2.95 bits per heavy atom. The predicted octanol–water partition coefficient (Wildman–Crippen LogP) is 1.71. The summed E-state index contributed by atoms with van der Waals surface area (Å²) in [5, 5.41) is 7.90. The molecule has 0 fully saturated rings. The molecule has 0 aliphatic heterocycles. The maximum Gasteiger partial charge on any atom is 0.306 e. The second kappa shape index (κ2) is 6.85. The average molecular weight is 279 g/mol. The van der Waals surface area contributed by atoms with Crippen LogP contribution < -0.4 is 0 Å². The zero-order chi connectivity index (χ0) is 14.4. The number of aromatic nitrogens is 2. The van der Waals surface area contributed by atoms with Crippen molar-refractivity contribution in [1.29, 1.82) is 0 Å². The monoisotopic (exact) mass is 279 g/mol. The van der Waals surface area contributed by atoms with Crippen LogP contribution in [0.5, 0.6) is 0 Å². The highest BCUT2D eigenvalue weighted by atomic mass is 16.5. The van der Waals surface area contributed by atoms with E-state index in [9.17, 15) is 4.79 Å². The zero-order valence-electron chi connectivity index (χ0n) is 11.5. The van der Waals surface area contributed by atoms with Crippen molar-refractivity contribution in [2.45, 2.75) is 19.9 Å². The largest absolute Gasteiger partial charge is 0.469 e. The molecule has 0 saturated heterocycles. The maximum atomic E-state index is 11.1. The van der Waals surface area contributed by atoms with Crippen LogP contribution in [0.15, 0.2) is 27.2 Å². The fourth-order valence-corrected chi connectivity index (χ4v) is 1.71. The first-order valence-electron chi connectivity index (χ1n) is 6.38. The van der Waals surface area contributed by atoms with Gasteiger partial charge in [-0.3, -0.25) is 9.69 Å². The normalized spacial score (nSPS) is 10.9. The van der Waals surface area contributed by atoms with Crippen LogP contribution in [0.3, 0.4) is 0 Å². The van der Waals surface area contributed by atoms with Crippen molar-refractivity contribution in [3.63, 3.8) is 0 Å². The summed E-state index contributed by atoms with van der Waals surface area (Å²) >= 11 is 0. The van der Waals surface area contributed by atoms with Crippen molar-refractivity contribution in [1.82, 2.24) is 15.1 Å². The number of hydrogen-bond donors (Lipinski definition) is 0. The molecule has 0 bridgehead atoms. The third-order valence-electron chi connectivity index (χ3n) is 2.86. The standard InChI is InChI=1S/C13H17N3O4/c1-3-16(7-6-12(17)18-2)9-11-14-15-13(20-11)10-5-4-8-19-10/h4-5,8H,3,6-7,9H2,1-2H3. The van der Waals surface area contributed by atoms with Gasteiger partial charge in [0, 0.05) is 6.54 Å². The van der Waals surface area contributed by atoms with Crippen molar-refractivity contribution in [3.8, 4) is 11.7 Å². The summed E-state index contributed by atoms with van der Waals surface area (Å²) in [5.74, 6) is 1.16. The Labute approximate surface area is 116 Å². The van der Waals surface area contributed by atoms with Crippen LogP contribution in [-0.4, -0.2) is 41.3 Å². The molecule has 0 spiro atoms. The first kappa shape index (κ1) is 14.3. The van der Waals surface area contributed by atoms with Gasteiger partial charge in [-0.2, -0.15) is 0 Å². The van der Waals surface area contributed by atoms with E-state index in [-0.39, 0.29) is 5.97 Å². The van der Waals surface area contributed by atoms with E-state index in [0.29, 0.717) is 37.1 Å². The molecule has 0 radical (unpaired) electrons. The lowest BCUT2D eigenvalue weighted by Gasteiger charge is -2.17. The summed E-state index contributed by atoms with van der Waals surface area (Å²) < 4.78 is 15.3. The second-order valence-corrected chi connectivity index (χ2v) is 4.17. The molecule has 0 saturated carbocycles. The molecule has 2 heterocycles. The molecule has 0 unspecified atom stereocenters. The van der Waals surface area contributed by atoms with Gasteiger partial charge in [0.15, 0.2) is 5.76 Å². The topological polar surface area (TPSA) is 81.6 Å². The number of rotatable bonds is 7. The van der Waals surface area contributed by atoms with Gasteiger partial charge < -0.3 is 13.6 Å². The average Bonchev–Trinajstić information content (AvgIpc) is 3.13. The van der Waals surface area contributed by atoms with E-state index in [1.54, 1.807) is 18.4 Å². The Balaban J connectivity index is 1.92. The summed E-state index contributed by atoms with van der Waals surface area (Å²) in [5.41, 5.74) is 0. The van der Waals surface area contributed by atoms with Gasteiger partial charge in [0.25, 0.3) is 5.89 Å². The molecule has 0 N–H and O–H groups in total. The molecule has 0 amide bonds. The van der Waals surface area contributed by atoms with Gasteiger partial charge in [0.05, 0.1) is 26.3 Å². The van der Waals surface area contributed by atoms with Crippen molar-refractivity contribution in [2.24, 2.45) is 0 Å². The Bertz CT molecular complexity index is 536. The van der Waals surface area contributed by atoms with Gasteiger partial charge in [0.1, 0.15) is 0 Å². The fraction of sp³-hybridized carbons (Fsp3) is 0.462. The SMILES string of the molecule is CCN(CCC(=O)OC)Cc1nnc(-c2ccco2)o1. The molecule has 0 atom stereocenters. The fourth-order valence-electron chi connectivity index (χ4n) is 1.71. The van der Waals surface area contributed by atoms with Gasteiger partial charge in [-0.25, -0.2) is 0 Å². The third-order valence-corrected chi connectivity index (χ3v) is 2.86. The number of carbonyl (C=O) groups is 1. The zero-order valence-corrected chi connectivity index (χ0v) is 11.5. The van der Waals surface area contributed by atoms with E-state index in [1.165, 1.54) is 7.11 Å². The number of furan rings is 1. The molecule has 108 valence electrons. The first-order chi connectivity index (χ1) is 9.72. The van der Waals surface area contributed by atoms with Crippen molar-refractivity contribution < 1.29 is 18.4 Å². The lowest BCUT2D eigenvalue weighted by molar-refractivity contribution is -0.141. The molecule has 2 aromatic rings. The minimum absolute atomic E-state index is 0.231. The van der Waals surface area contributed by atoms with Crippen LogP contribution in [0, 0.1) is 0 Å². The Morgan fingerprint density at radius 2 is 2.30 bits per heavy atom. The maximum absolute atomic E-state index is 11.1. The lowest BCUT2D eigenvalue weighted by Crippen LogP contribution is -2.26. The number of methoxy groups -OCH3 is 1. The van der Waals surface area contributed by atoms with Crippen LogP contribution in [-0.2, 0) is 16.1 Å². The van der Waals surface area contributed by atoms with Crippen molar-refractivity contribution in [3.05, 3.63) is 24.3 Å². The third kappa shape index (κ3) is 3.67. The molecule has 7 nitrogen and oxygen atoms in total. The first-order valence-corrected chi connectivity index (χ1v) is 6.38. The second-order valence-electron chi connectivity index (χ2n) is 4.17. The molecule has 0 aliphatic carbocycles. The van der Waals surface area contributed by atoms with Crippen LogP contribution >= 0.6 is 0 Å². The molecule has 2 rings (SSSR count). The molecule has 0 aromatic carbocycles.